The Balaban J connectivity index is 1.56. The van der Waals surface area contributed by atoms with Crippen molar-refractivity contribution in [2.45, 2.75) is 30.6 Å². The van der Waals surface area contributed by atoms with E-state index in [2.05, 4.69) is 5.32 Å². The molecule has 5 N–H and O–H groups in total. The van der Waals surface area contributed by atoms with Crippen LogP contribution < -0.4 is 5.32 Å². The Kier molecular flexibility index (Phi) is 4.81. The lowest BCUT2D eigenvalue weighted by atomic mass is 9.87. The van der Waals surface area contributed by atoms with E-state index in [9.17, 15) is 20.1 Å². The zero-order valence-corrected chi connectivity index (χ0v) is 14.4. The van der Waals surface area contributed by atoms with Gasteiger partial charge in [-0.1, -0.05) is 36.4 Å². The van der Waals surface area contributed by atoms with Crippen LogP contribution in [0.15, 0.2) is 42.0 Å². The molecular formula is C20H21NO6. The fraction of sp³-hybridized carbons (Fsp3) is 0.350. The van der Waals surface area contributed by atoms with E-state index in [1.54, 1.807) is 12.1 Å². The molecule has 7 heteroatoms. The van der Waals surface area contributed by atoms with Crippen LogP contribution in [0.25, 0.3) is 16.8 Å². The van der Waals surface area contributed by atoms with Gasteiger partial charge >= 0.3 is 0 Å². The number of aliphatic hydroxyl groups excluding tert-OH is 4. The highest BCUT2D eigenvalue weighted by molar-refractivity contribution is 6.22. The summed E-state index contributed by atoms with van der Waals surface area (Å²) in [5, 5.41) is 44.2. The number of ketones is 1. The van der Waals surface area contributed by atoms with Crippen molar-refractivity contribution in [2.24, 2.45) is 0 Å². The van der Waals surface area contributed by atoms with Gasteiger partial charge in [0.05, 0.1) is 12.6 Å². The first kappa shape index (κ1) is 18.2. The zero-order valence-electron chi connectivity index (χ0n) is 14.4. The molecular weight excluding hydrogens is 350 g/mol. The van der Waals surface area contributed by atoms with Gasteiger partial charge in [-0.15, -0.1) is 0 Å². The molecule has 0 radical (unpaired) electrons. The Labute approximate surface area is 155 Å². The molecule has 1 aliphatic carbocycles. The highest BCUT2D eigenvalue weighted by Gasteiger charge is 2.43. The summed E-state index contributed by atoms with van der Waals surface area (Å²) in [6.45, 7) is -0.436. The molecule has 142 valence electrons. The van der Waals surface area contributed by atoms with Crippen molar-refractivity contribution in [3.8, 4) is 0 Å². The zero-order chi connectivity index (χ0) is 19.1. The standard InChI is InChI=1S/C20H21NO6/c22-9-14-18(24)19(25)16(20(26)27-14)21-8-12-7-11-5-1-3-10-4-2-6-13(15(10)11)17(12)23/h1-7,14,16,18-22,24-26H,8-9H2. The summed E-state index contributed by atoms with van der Waals surface area (Å²) in [5.41, 5.74) is 2.03. The summed E-state index contributed by atoms with van der Waals surface area (Å²) < 4.78 is 5.13. The minimum Gasteiger partial charge on any atom is -0.394 e. The van der Waals surface area contributed by atoms with Crippen LogP contribution in [0, 0.1) is 0 Å². The van der Waals surface area contributed by atoms with Crippen LogP contribution >= 0.6 is 0 Å². The lowest BCUT2D eigenvalue weighted by Gasteiger charge is -2.40. The van der Waals surface area contributed by atoms with Gasteiger partial charge in [-0.3, -0.25) is 4.79 Å². The van der Waals surface area contributed by atoms with E-state index in [0.717, 1.165) is 16.3 Å². The fourth-order valence-electron chi connectivity index (χ4n) is 3.78. The van der Waals surface area contributed by atoms with Gasteiger partial charge in [0.15, 0.2) is 12.1 Å². The Morgan fingerprint density at radius 2 is 1.78 bits per heavy atom. The molecule has 1 fully saturated rings. The van der Waals surface area contributed by atoms with E-state index < -0.39 is 37.3 Å². The third kappa shape index (κ3) is 3.08. The molecule has 2 aliphatic rings. The summed E-state index contributed by atoms with van der Waals surface area (Å²) in [5.74, 6) is -0.124. The van der Waals surface area contributed by atoms with Gasteiger partial charge in [0.25, 0.3) is 0 Å². The van der Waals surface area contributed by atoms with Gasteiger partial charge in [0.2, 0.25) is 0 Å². The first-order valence-corrected chi connectivity index (χ1v) is 8.82. The first-order chi connectivity index (χ1) is 13.0. The van der Waals surface area contributed by atoms with Crippen molar-refractivity contribution in [3.05, 3.63) is 53.1 Å². The molecule has 0 aromatic heterocycles. The molecule has 4 rings (SSSR count). The van der Waals surface area contributed by atoms with Gasteiger partial charge in [0, 0.05) is 23.1 Å². The number of carbonyl (C=O) groups excluding carboxylic acids is 1. The number of hydrogen-bond donors (Lipinski definition) is 5. The number of carbonyl (C=O) groups is 1. The summed E-state index contributed by atoms with van der Waals surface area (Å²) >= 11 is 0. The lowest BCUT2D eigenvalue weighted by Crippen LogP contribution is -2.63. The van der Waals surface area contributed by atoms with E-state index in [-0.39, 0.29) is 12.3 Å². The van der Waals surface area contributed by atoms with Crippen LogP contribution in [0.2, 0.25) is 0 Å². The van der Waals surface area contributed by atoms with Crippen molar-refractivity contribution >= 4 is 22.6 Å². The van der Waals surface area contributed by atoms with Crippen LogP contribution in [-0.2, 0) is 4.74 Å². The average molecular weight is 371 g/mol. The smallest absolute Gasteiger partial charge is 0.190 e. The summed E-state index contributed by atoms with van der Waals surface area (Å²) in [4.78, 5) is 12.9. The maximum Gasteiger partial charge on any atom is 0.190 e. The van der Waals surface area contributed by atoms with Crippen LogP contribution in [0.5, 0.6) is 0 Å². The second-order valence-corrected chi connectivity index (χ2v) is 6.89. The second kappa shape index (κ2) is 7.12. The van der Waals surface area contributed by atoms with Crippen molar-refractivity contribution in [3.63, 3.8) is 0 Å². The molecule has 27 heavy (non-hydrogen) atoms. The molecule has 0 bridgehead atoms. The molecule has 2 aromatic carbocycles. The quantitative estimate of drug-likeness (QED) is 0.505. The monoisotopic (exact) mass is 371 g/mol. The van der Waals surface area contributed by atoms with Crippen LogP contribution in [0.3, 0.4) is 0 Å². The first-order valence-electron chi connectivity index (χ1n) is 8.82. The van der Waals surface area contributed by atoms with Gasteiger partial charge in [-0.25, -0.2) is 0 Å². The molecule has 2 aromatic rings. The van der Waals surface area contributed by atoms with E-state index in [0.29, 0.717) is 11.1 Å². The SMILES string of the molecule is O=C1C(CNC2C(O)OC(CO)C(O)C2O)=Cc2cccc3cccc1c23. The van der Waals surface area contributed by atoms with Crippen LogP contribution in [-0.4, -0.2) is 70.0 Å². The molecule has 7 nitrogen and oxygen atoms in total. The molecule has 1 saturated heterocycles. The number of rotatable bonds is 4. The van der Waals surface area contributed by atoms with Crippen molar-refractivity contribution < 1.29 is 30.0 Å². The molecule has 1 heterocycles. The highest BCUT2D eigenvalue weighted by atomic mass is 16.6. The summed E-state index contributed by atoms with van der Waals surface area (Å²) in [6, 6.07) is 10.4. The normalized spacial score (nSPS) is 30.4. The Morgan fingerprint density at radius 3 is 2.52 bits per heavy atom. The maximum absolute atomic E-state index is 12.9. The Hall–Kier alpha value is -2.13. The van der Waals surface area contributed by atoms with E-state index >= 15 is 0 Å². The predicted octanol–water partition coefficient (Wildman–Crippen LogP) is -0.191. The van der Waals surface area contributed by atoms with Crippen LogP contribution in [0.1, 0.15) is 15.9 Å². The molecule has 0 amide bonds. The number of hydrogen-bond acceptors (Lipinski definition) is 7. The fourth-order valence-corrected chi connectivity index (χ4v) is 3.78. The number of nitrogens with one attached hydrogen (secondary N) is 1. The summed E-state index contributed by atoms with van der Waals surface area (Å²) in [7, 11) is 0. The van der Waals surface area contributed by atoms with Crippen molar-refractivity contribution in [1.82, 2.24) is 5.32 Å². The Morgan fingerprint density at radius 1 is 1.04 bits per heavy atom. The summed E-state index contributed by atoms with van der Waals surface area (Å²) in [6.07, 6.45) is -3.38. The number of aliphatic hydroxyl groups is 4. The van der Waals surface area contributed by atoms with Crippen molar-refractivity contribution in [2.75, 3.05) is 13.2 Å². The minimum atomic E-state index is -1.42. The highest BCUT2D eigenvalue weighted by Crippen LogP contribution is 2.31. The van der Waals surface area contributed by atoms with Gasteiger partial charge in [0.1, 0.15) is 18.3 Å². The topological polar surface area (TPSA) is 119 Å². The maximum atomic E-state index is 12.9. The lowest BCUT2D eigenvalue weighted by molar-refractivity contribution is -0.254. The molecule has 1 aliphatic heterocycles. The van der Waals surface area contributed by atoms with Crippen LogP contribution in [0.4, 0.5) is 0 Å². The largest absolute Gasteiger partial charge is 0.394 e. The van der Waals surface area contributed by atoms with Crippen molar-refractivity contribution in [1.29, 1.82) is 0 Å². The Bertz CT molecular complexity index is 905. The third-order valence-corrected chi connectivity index (χ3v) is 5.23. The minimum absolute atomic E-state index is 0.0855. The molecule has 0 saturated carbocycles. The number of Topliss-reactive ketones (excluding diaryl/α,β-unsaturated/α-hetero) is 1. The van der Waals surface area contributed by atoms with E-state index in [4.69, 9.17) is 9.84 Å². The van der Waals surface area contributed by atoms with Gasteiger partial charge < -0.3 is 30.5 Å². The van der Waals surface area contributed by atoms with Gasteiger partial charge in [-0.2, -0.15) is 0 Å². The van der Waals surface area contributed by atoms with E-state index in [1.165, 1.54) is 0 Å². The molecule has 5 unspecified atom stereocenters. The van der Waals surface area contributed by atoms with Gasteiger partial charge in [-0.05, 0) is 17.0 Å². The number of ether oxygens (including phenoxy) is 1. The third-order valence-electron chi connectivity index (χ3n) is 5.23. The van der Waals surface area contributed by atoms with E-state index in [1.807, 2.05) is 30.3 Å². The predicted molar refractivity (Wildman–Crippen MR) is 98.0 cm³/mol. The number of benzene rings is 2. The average Bonchev–Trinajstić information content (AvgIpc) is 2.68. The molecule has 0 spiro atoms. The second-order valence-electron chi connectivity index (χ2n) is 6.89. The molecule has 5 atom stereocenters.